The van der Waals surface area contributed by atoms with Crippen LogP contribution >= 0.6 is 11.3 Å². The highest BCUT2D eigenvalue weighted by Crippen LogP contribution is 2.46. The van der Waals surface area contributed by atoms with Crippen molar-refractivity contribution in [2.24, 2.45) is 11.3 Å². The summed E-state index contributed by atoms with van der Waals surface area (Å²) in [4.78, 5) is 63.2. The van der Waals surface area contributed by atoms with E-state index in [0.717, 1.165) is 5.56 Å². The molecule has 2 saturated carbocycles. The minimum absolute atomic E-state index is 0.0136. The maximum absolute atomic E-state index is 14.7. The molecule has 2 aromatic heterocycles. The summed E-state index contributed by atoms with van der Waals surface area (Å²) in [7, 11) is -2.33. The lowest BCUT2D eigenvalue weighted by molar-refractivity contribution is -0.142. The zero-order chi connectivity index (χ0) is 40.1. The molecule has 3 aliphatic rings. The summed E-state index contributed by atoms with van der Waals surface area (Å²) >= 11 is 1.39. The number of carbonyl (C=O) groups is 4. The number of sulfonamides is 1. The number of hydrogen-bond donors (Lipinski definition) is 4. The zero-order valence-corrected chi connectivity index (χ0v) is 33.7. The van der Waals surface area contributed by atoms with Crippen molar-refractivity contribution >= 4 is 45.1 Å². The third-order valence-electron chi connectivity index (χ3n) is 9.94. The molecule has 3 aromatic rings. The Morgan fingerprint density at radius 2 is 1.73 bits per heavy atom. The minimum atomic E-state index is -3.91. The second kappa shape index (κ2) is 14.7. The maximum atomic E-state index is 14.7. The van der Waals surface area contributed by atoms with Gasteiger partial charge in [0, 0.05) is 41.6 Å². The van der Waals surface area contributed by atoms with Crippen molar-refractivity contribution in [3.8, 4) is 27.7 Å². The van der Waals surface area contributed by atoms with Gasteiger partial charge in [0.1, 0.15) is 39.8 Å². The van der Waals surface area contributed by atoms with Gasteiger partial charge >= 0.3 is 6.03 Å². The molecule has 5 amide bonds. The van der Waals surface area contributed by atoms with Crippen LogP contribution in [0.5, 0.6) is 5.75 Å². The molecule has 1 aliphatic heterocycles. The fourth-order valence-corrected chi connectivity index (χ4v) is 8.71. The van der Waals surface area contributed by atoms with E-state index in [2.05, 4.69) is 32.2 Å². The molecule has 16 nitrogen and oxygen atoms in total. The molecular formula is C37H49N9O7S2. The van der Waals surface area contributed by atoms with E-state index in [-0.39, 0.29) is 19.4 Å². The van der Waals surface area contributed by atoms with Crippen LogP contribution in [0.2, 0.25) is 0 Å². The number of benzene rings is 1. The molecule has 4 N–H and O–H groups in total. The van der Waals surface area contributed by atoms with Gasteiger partial charge in [-0.25, -0.2) is 18.2 Å². The van der Waals surface area contributed by atoms with Gasteiger partial charge in [0.05, 0.1) is 18.4 Å². The minimum Gasteiger partial charge on any atom is -0.497 e. The Kier molecular flexibility index (Phi) is 10.6. The van der Waals surface area contributed by atoms with E-state index in [1.54, 1.807) is 13.3 Å². The van der Waals surface area contributed by atoms with Crippen molar-refractivity contribution in [1.82, 2.24) is 45.6 Å². The highest BCUT2D eigenvalue weighted by molar-refractivity contribution is 7.91. The fourth-order valence-electron chi connectivity index (χ4n) is 6.73. The highest BCUT2D eigenvalue weighted by Gasteiger charge is 2.62. The summed E-state index contributed by atoms with van der Waals surface area (Å²) in [5.74, 6) is -1.89. The van der Waals surface area contributed by atoms with Crippen molar-refractivity contribution in [3.05, 3.63) is 48.5 Å². The monoisotopic (exact) mass is 795 g/mol. The molecule has 1 saturated heterocycles. The lowest BCUT2D eigenvalue weighted by atomic mass is 9.85. The summed E-state index contributed by atoms with van der Waals surface area (Å²) < 4.78 is 33.0. The number of methoxy groups -OCH3 is 1. The summed E-state index contributed by atoms with van der Waals surface area (Å²) in [6.45, 7) is 14.7. The number of urea groups is 1. The van der Waals surface area contributed by atoms with Crippen LogP contribution in [0.15, 0.2) is 48.5 Å². The number of carbonyl (C=O) groups excluding carboxylic acids is 4. The first-order valence-electron chi connectivity index (χ1n) is 18.2. The molecule has 3 heterocycles. The SMILES string of the molecule is C=C[C@@H]1C[C@@]1(NC(=O)[C@@H]1C[C@@H](n2nc(-c3ccc(OC)cc3)c(-c3nccs3)n2)CN1C(=O)[C@H](NC(=O)NC(C)(C)C)C(C)(C)C)C(=O)NS(=O)(=O)C1CC1. The molecule has 0 unspecified atom stereocenters. The largest absolute Gasteiger partial charge is 0.497 e. The predicted molar refractivity (Wildman–Crippen MR) is 206 cm³/mol. The lowest BCUT2D eigenvalue weighted by Gasteiger charge is -2.36. The molecular weight excluding hydrogens is 747 g/mol. The van der Waals surface area contributed by atoms with E-state index in [1.165, 1.54) is 27.1 Å². The van der Waals surface area contributed by atoms with Crippen molar-refractivity contribution in [1.29, 1.82) is 0 Å². The number of ether oxygens (including phenoxy) is 1. The molecule has 55 heavy (non-hydrogen) atoms. The van der Waals surface area contributed by atoms with Gasteiger partial charge in [0.2, 0.25) is 21.8 Å². The summed E-state index contributed by atoms with van der Waals surface area (Å²) in [6.07, 6.45) is 4.27. The summed E-state index contributed by atoms with van der Waals surface area (Å²) in [5, 5.41) is 20.0. The number of likely N-dealkylation sites (tertiary alicyclic amines) is 1. The van der Waals surface area contributed by atoms with Crippen LogP contribution in [0.3, 0.4) is 0 Å². The maximum Gasteiger partial charge on any atom is 0.315 e. The molecule has 18 heteroatoms. The molecule has 6 rings (SSSR count). The Bertz CT molecular complexity index is 2070. The van der Waals surface area contributed by atoms with Gasteiger partial charge in [-0.2, -0.15) is 9.90 Å². The topological polar surface area (TPSA) is 207 Å². The molecule has 0 bridgehead atoms. The Hall–Kier alpha value is -4.84. The molecule has 1 aromatic carbocycles. The third kappa shape index (κ3) is 8.54. The molecule has 2 aliphatic carbocycles. The number of nitrogens with zero attached hydrogens (tertiary/aromatic N) is 5. The van der Waals surface area contributed by atoms with Crippen LogP contribution in [0.1, 0.15) is 73.3 Å². The van der Waals surface area contributed by atoms with Gasteiger partial charge in [-0.15, -0.1) is 23.0 Å². The number of amides is 5. The second-order valence-corrected chi connectivity index (χ2v) is 19.4. The van der Waals surface area contributed by atoms with Crippen molar-refractivity contribution in [2.45, 2.75) is 102 Å². The Morgan fingerprint density at radius 1 is 1.05 bits per heavy atom. The quantitative estimate of drug-likeness (QED) is 0.197. The lowest BCUT2D eigenvalue weighted by Crippen LogP contribution is -2.61. The first kappa shape index (κ1) is 39.8. The van der Waals surface area contributed by atoms with Gasteiger partial charge < -0.3 is 25.6 Å². The Balaban J connectivity index is 1.35. The number of aromatic nitrogens is 4. The molecule has 5 atom stereocenters. The third-order valence-corrected chi connectivity index (χ3v) is 12.5. The van der Waals surface area contributed by atoms with Crippen molar-refractivity contribution < 1.29 is 32.3 Å². The van der Waals surface area contributed by atoms with Crippen LogP contribution in [0.25, 0.3) is 22.0 Å². The van der Waals surface area contributed by atoms with Gasteiger partial charge in [0.15, 0.2) is 0 Å². The van der Waals surface area contributed by atoms with Crippen LogP contribution in [0.4, 0.5) is 4.79 Å². The number of thiazole rings is 1. The number of hydrogen-bond acceptors (Lipinski definition) is 11. The number of rotatable bonds is 12. The first-order valence-corrected chi connectivity index (χ1v) is 20.6. The smallest absolute Gasteiger partial charge is 0.315 e. The molecule has 296 valence electrons. The van der Waals surface area contributed by atoms with Crippen LogP contribution in [-0.4, -0.2) is 99.1 Å². The van der Waals surface area contributed by atoms with E-state index in [4.69, 9.17) is 14.9 Å². The van der Waals surface area contributed by atoms with Gasteiger partial charge in [-0.1, -0.05) is 26.8 Å². The normalized spacial score (nSPS) is 23.0. The second-order valence-electron chi connectivity index (χ2n) is 16.5. The van der Waals surface area contributed by atoms with E-state index in [1.807, 2.05) is 71.2 Å². The van der Waals surface area contributed by atoms with Crippen LogP contribution < -0.4 is 25.4 Å². The van der Waals surface area contributed by atoms with Crippen LogP contribution in [0, 0.1) is 11.3 Å². The Morgan fingerprint density at radius 3 is 2.27 bits per heavy atom. The number of nitrogens with one attached hydrogen (secondary N) is 4. The zero-order valence-electron chi connectivity index (χ0n) is 32.1. The van der Waals surface area contributed by atoms with Gasteiger partial charge in [-0.3, -0.25) is 19.1 Å². The van der Waals surface area contributed by atoms with Crippen LogP contribution in [-0.2, 0) is 24.4 Å². The fraction of sp³-hybridized carbons (Fsp3) is 0.541. The molecule has 3 fully saturated rings. The standard InChI is InChI=1S/C37H49N9O7S2/c1-9-22-19-37(22,33(49)44-55(51,52)25-14-15-25)40-30(47)26-18-23(20-45(26)32(48)29(35(2,3)4)39-34(50)41-36(5,6)7)46-42-27(21-10-12-24(53-8)13-11-21)28(43-46)31-38-16-17-54-31/h9-13,16-17,22-23,25-26,29H,1,14-15,18-20H2,2-8H3,(H,40,47)(H,44,49)(H2,39,41,50)/t22-,23-,26+,29+,37+/m1/s1. The van der Waals surface area contributed by atoms with E-state index < -0.39 is 79.6 Å². The van der Waals surface area contributed by atoms with Gasteiger partial charge in [-0.05, 0) is 69.7 Å². The van der Waals surface area contributed by atoms with Crippen molar-refractivity contribution in [2.75, 3.05) is 13.7 Å². The van der Waals surface area contributed by atoms with Crippen molar-refractivity contribution in [3.63, 3.8) is 0 Å². The van der Waals surface area contributed by atoms with E-state index in [9.17, 15) is 27.6 Å². The Labute approximate surface area is 324 Å². The average Bonchev–Trinajstić information content (AvgIpc) is 3.88. The van der Waals surface area contributed by atoms with E-state index >= 15 is 0 Å². The van der Waals surface area contributed by atoms with E-state index in [0.29, 0.717) is 35.0 Å². The predicted octanol–water partition coefficient (Wildman–Crippen LogP) is 3.40. The average molecular weight is 796 g/mol. The first-order chi connectivity index (χ1) is 25.8. The summed E-state index contributed by atoms with van der Waals surface area (Å²) in [6, 6.07) is 3.93. The van der Waals surface area contributed by atoms with Gasteiger partial charge in [0.25, 0.3) is 5.91 Å². The molecule has 0 spiro atoms. The highest BCUT2D eigenvalue weighted by atomic mass is 32.2. The molecule has 0 radical (unpaired) electrons. The summed E-state index contributed by atoms with van der Waals surface area (Å²) in [5.41, 5.74) is -1.15.